The van der Waals surface area contributed by atoms with Gasteiger partial charge in [0.1, 0.15) is 12.1 Å². The lowest BCUT2D eigenvalue weighted by molar-refractivity contribution is -0.145. The smallest absolute Gasteiger partial charge is 0.328 e. The Balaban J connectivity index is 5.28. The summed E-state index contributed by atoms with van der Waals surface area (Å²) in [6.07, 6.45) is 2.73. The van der Waals surface area contributed by atoms with Crippen molar-refractivity contribution in [2.24, 2.45) is 17.4 Å². The molecule has 12 heteroatoms. The van der Waals surface area contributed by atoms with Gasteiger partial charge in [0.05, 0.1) is 12.1 Å². The highest BCUT2D eigenvalue weighted by Crippen LogP contribution is 2.08. The summed E-state index contributed by atoms with van der Waals surface area (Å²) in [7, 11) is 0. The molecular formula is C20H39N5O6S. The molecule has 0 aliphatic rings. The van der Waals surface area contributed by atoms with Gasteiger partial charge in [-0.1, -0.05) is 20.3 Å². The number of carboxylic acids is 1. The van der Waals surface area contributed by atoms with E-state index < -0.39 is 54.0 Å². The number of hydrogen-bond acceptors (Lipinski definition) is 8. The number of aliphatic carboxylic acids is 1. The van der Waals surface area contributed by atoms with Crippen molar-refractivity contribution >= 4 is 35.5 Å². The third-order valence-corrected chi connectivity index (χ3v) is 5.49. The summed E-state index contributed by atoms with van der Waals surface area (Å²) >= 11 is 1.50. The fraction of sp³-hybridized carbons (Fsp3) is 0.800. The van der Waals surface area contributed by atoms with Gasteiger partial charge in [-0.15, -0.1) is 0 Å². The summed E-state index contributed by atoms with van der Waals surface area (Å²) in [4.78, 5) is 49.2. The predicted octanol–water partition coefficient (Wildman–Crippen LogP) is -1.23. The lowest BCUT2D eigenvalue weighted by atomic mass is 10.0. The first-order valence-electron chi connectivity index (χ1n) is 10.7. The monoisotopic (exact) mass is 477 g/mol. The van der Waals surface area contributed by atoms with Crippen molar-refractivity contribution in [1.29, 1.82) is 0 Å². The van der Waals surface area contributed by atoms with Gasteiger partial charge in [0.15, 0.2) is 6.04 Å². The van der Waals surface area contributed by atoms with E-state index >= 15 is 0 Å². The lowest BCUT2D eigenvalue weighted by Gasteiger charge is -2.27. The van der Waals surface area contributed by atoms with Gasteiger partial charge in [-0.3, -0.25) is 14.4 Å². The van der Waals surface area contributed by atoms with Gasteiger partial charge < -0.3 is 37.6 Å². The van der Waals surface area contributed by atoms with Crippen LogP contribution in [0.1, 0.15) is 46.5 Å². The molecule has 11 nitrogen and oxygen atoms in total. The number of amides is 3. The van der Waals surface area contributed by atoms with Crippen molar-refractivity contribution in [2.75, 3.05) is 18.6 Å². The number of carbonyl (C=O) groups excluding carboxylic acids is 3. The molecule has 0 aliphatic carbocycles. The molecule has 9 N–H and O–H groups in total. The molecule has 0 bridgehead atoms. The SMILES string of the molecule is CSCCC(NC(=O)C(N)CCCCN)C(=O)NC(C(=O)NC(C(=O)O)C(C)O)C(C)C. The average Bonchev–Trinajstić information content (AvgIpc) is 2.71. The van der Waals surface area contributed by atoms with Crippen LogP contribution in [-0.4, -0.2) is 82.7 Å². The fourth-order valence-corrected chi connectivity index (χ4v) is 3.31. The quantitative estimate of drug-likeness (QED) is 0.133. The summed E-state index contributed by atoms with van der Waals surface area (Å²) in [6.45, 7) is 5.12. The minimum Gasteiger partial charge on any atom is -0.480 e. The molecule has 32 heavy (non-hydrogen) atoms. The molecule has 5 unspecified atom stereocenters. The summed E-state index contributed by atoms with van der Waals surface area (Å²) < 4.78 is 0. The lowest BCUT2D eigenvalue weighted by Crippen LogP contribution is -2.59. The highest BCUT2D eigenvalue weighted by atomic mass is 32.2. The molecule has 0 radical (unpaired) electrons. The van der Waals surface area contributed by atoms with Crippen molar-refractivity contribution in [3.05, 3.63) is 0 Å². The second-order valence-corrected chi connectivity index (χ2v) is 9.01. The minimum atomic E-state index is -1.51. The largest absolute Gasteiger partial charge is 0.480 e. The van der Waals surface area contributed by atoms with E-state index in [0.29, 0.717) is 31.6 Å². The highest BCUT2D eigenvalue weighted by molar-refractivity contribution is 7.98. The molecule has 0 aromatic heterocycles. The van der Waals surface area contributed by atoms with E-state index in [1.165, 1.54) is 18.7 Å². The molecule has 0 spiro atoms. The molecule has 3 amide bonds. The van der Waals surface area contributed by atoms with Gasteiger partial charge in [-0.2, -0.15) is 11.8 Å². The van der Waals surface area contributed by atoms with Gasteiger partial charge >= 0.3 is 5.97 Å². The third kappa shape index (κ3) is 11.1. The van der Waals surface area contributed by atoms with Crippen LogP contribution < -0.4 is 27.4 Å². The second-order valence-electron chi connectivity index (χ2n) is 8.03. The first-order valence-corrected chi connectivity index (χ1v) is 12.1. The Morgan fingerprint density at radius 2 is 1.50 bits per heavy atom. The number of hydrogen-bond donors (Lipinski definition) is 7. The molecule has 0 aromatic carbocycles. The molecular weight excluding hydrogens is 438 g/mol. The van der Waals surface area contributed by atoms with Gasteiger partial charge in [-0.05, 0) is 50.7 Å². The summed E-state index contributed by atoms with van der Waals surface area (Å²) in [5, 5.41) is 26.3. The Hall–Kier alpha value is -1.89. The van der Waals surface area contributed by atoms with Crippen molar-refractivity contribution in [3.63, 3.8) is 0 Å². The van der Waals surface area contributed by atoms with Crippen LogP contribution in [-0.2, 0) is 19.2 Å². The fourth-order valence-electron chi connectivity index (χ4n) is 2.84. The van der Waals surface area contributed by atoms with Crippen molar-refractivity contribution in [2.45, 2.75) is 76.7 Å². The van der Waals surface area contributed by atoms with E-state index in [9.17, 15) is 29.4 Å². The molecule has 0 aliphatic heterocycles. The van der Waals surface area contributed by atoms with E-state index in [0.717, 1.165) is 6.42 Å². The normalized spacial score (nSPS) is 15.9. The van der Waals surface area contributed by atoms with Crippen LogP contribution in [0.25, 0.3) is 0 Å². The zero-order valence-electron chi connectivity index (χ0n) is 19.3. The number of nitrogens with two attached hydrogens (primary N) is 2. The number of nitrogens with one attached hydrogen (secondary N) is 3. The number of thioether (sulfide) groups is 1. The number of carbonyl (C=O) groups is 4. The maximum Gasteiger partial charge on any atom is 0.328 e. The minimum absolute atomic E-state index is 0.326. The molecule has 186 valence electrons. The second kappa shape index (κ2) is 15.8. The first-order chi connectivity index (χ1) is 15.0. The van der Waals surface area contributed by atoms with E-state index in [4.69, 9.17) is 11.5 Å². The van der Waals surface area contributed by atoms with Crippen LogP contribution in [0, 0.1) is 5.92 Å². The molecule has 0 aromatic rings. The van der Waals surface area contributed by atoms with Crippen molar-refractivity contribution < 1.29 is 29.4 Å². The Morgan fingerprint density at radius 1 is 0.906 bits per heavy atom. The van der Waals surface area contributed by atoms with Crippen molar-refractivity contribution in [3.8, 4) is 0 Å². The predicted molar refractivity (Wildman–Crippen MR) is 124 cm³/mol. The topological polar surface area (TPSA) is 197 Å². The molecule has 0 rings (SSSR count). The summed E-state index contributed by atoms with van der Waals surface area (Å²) in [5.41, 5.74) is 11.4. The van der Waals surface area contributed by atoms with E-state index in [1.807, 2.05) is 6.26 Å². The van der Waals surface area contributed by atoms with E-state index in [1.54, 1.807) is 13.8 Å². The van der Waals surface area contributed by atoms with Crippen LogP contribution in [0.2, 0.25) is 0 Å². The van der Waals surface area contributed by atoms with Crippen LogP contribution in [0.15, 0.2) is 0 Å². The van der Waals surface area contributed by atoms with Crippen LogP contribution in [0.5, 0.6) is 0 Å². The average molecular weight is 478 g/mol. The molecule has 0 saturated carbocycles. The van der Waals surface area contributed by atoms with E-state index in [-0.39, 0.29) is 5.92 Å². The number of aliphatic hydroxyl groups is 1. The Bertz CT molecular complexity index is 619. The number of aliphatic hydroxyl groups excluding tert-OH is 1. The Morgan fingerprint density at radius 3 is 1.97 bits per heavy atom. The molecule has 0 saturated heterocycles. The maximum atomic E-state index is 12.9. The summed E-state index contributed by atoms with van der Waals surface area (Å²) in [5.74, 6) is -2.96. The van der Waals surface area contributed by atoms with E-state index in [2.05, 4.69) is 16.0 Å². The highest BCUT2D eigenvalue weighted by Gasteiger charge is 2.33. The molecule has 5 atom stereocenters. The third-order valence-electron chi connectivity index (χ3n) is 4.84. The zero-order chi connectivity index (χ0) is 24.8. The Labute approximate surface area is 193 Å². The number of unbranched alkanes of at least 4 members (excludes halogenated alkanes) is 1. The summed E-state index contributed by atoms with van der Waals surface area (Å²) in [6, 6.07) is -4.26. The van der Waals surface area contributed by atoms with Crippen LogP contribution in [0.4, 0.5) is 0 Å². The zero-order valence-corrected chi connectivity index (χ0v) is 20.1. The van der Waals surface area contributed by atoms with Crippen LogP contribution >= 0.6 is 11.8 Å². The Kier molecular flexibility index (Phi) is 14.9. The maximum absolute atomic E-state index is 12.9. The van der Waals surface area contributed by atoms with Gasteiger partial charge in [0.2, 0.25) is 17.7 Å². The van der Waals surface area contributed by atoms with Gasteiger partial charge in [0, 0.05) is 0 Å². The van der Waals surface area contributed by atoms with Gasteiger partial charge in [-0.25, -0.2) is 4.79 Å². The number of carboxylic acid groups (broad SMARTS) is 1. The molecule has 0 fully saturated rings. The van der Waals surface area contributed by atoms with Crippen LogP contribution in [0.3, 0.4) is 0 Å². The van der Waals surface area contributed by atoms with Crippen molar-refractivity contribution in [1.82, 2.24) is 16.0 Å². The standard InChI is InChI=1S/C20H39N5O6S/c1-11(2)15(19(29)25-16(12(3)26)20(30)31)24-18(28)14(8-10-32-4)23-17(27)13(22)7-5-6-9-21/h11-16,26H,5-10,21-22H2,1-4H3,(H,23,27)(H,24,28)(H,25,29)(H,30,31). The number of rotatable bonds is 16. The molecule has 0 heterocycles. The van der Waals surface area contributed by atoms with Gasteiger partial charge in [0.25, 0.3) is 0 Å². The first kappa shape index (κ1) is 30.1.